The number of hydrogen-bond donors (Lipinski definition) is 3. The van der Waals surface area contributed by atoms with Crippen LogP contribution in [0.2, 0.25) is 0 Å². The fourth-order valence-electron chi connectivity index (χ4n) is 4.33. The van der Waals surface area contributed by atoms with Crippen LogP contribution in [-0.4, -0.2) is 36.1 Å². The third-order valence-corrected chi connectivity index (χ3v) is 5.87. The van der Waals surface area contributed by atoms with E-state index in [1.807, 2.05) is 51.1 Å². The summed E-state index contributed by atoms with van der Waals surface area (Å²) in [6.07, 6.45) is 0. The zero-order valence-electron chi connectivity index (χ0n) is 18.2. The lowest BCUT2D eigenvalue weighted by Crippen LogP contribution is -2.35. The zero-order chi connectivity index (χ0) is 22.9. The van der Waals surface area contributed by atoms with Crippen molar-refractivity contribution in [2.45, 2.75) is 26.8 Å². The van der Waals surface area contributed by atoms with Crippen LogP contribution in [0, 0.1) is 17.3 Å². The second-order valence-electron chi connectivity index (χ2n) is 8.53. The van der Waals surface area contributed by atoms with E-state index >= 15 is 0 Å². The van der Waals surface area contributed by atoms with Gasteiger partial charge in [0.15, 0.2) is 6.61 Å². The molecule has 0 radical (unpaired) electrons. The average Bonchev–Trinajstić information content (AvgIpc) is 3.41. The summed E-state index contributed by atoms with van der Waals surface area (Å²) < 4.78 is 5.52. The van der Waals surface area contributed by atoms with E-state index in [4.69, 9.17) is 4.74 Å². The van der Waals surface area contributed by atoms with E-state index in [0.717, 1.165) is 0 Å². The highest BCUT2D eigenvalue weighted by Crippen LogP contribution is 2.62. The first-order valence-electron chi connectivity index (χ1n) is 10.6. The van der Waals surface area contributed by atoms with Gasteiger partial charge in [-0.3, -0.25) is 14.4 Å². The molecule has 1 aliphatic carbocycles. The third kappa shape index (κ3) is 3.95. The first-order chi connectivity index (χ1) is 15.3. The Hall–Kier alpha value is -3.68. The molecule has 8 nitrogen and oxygen atoms in total. The first kappa shape index (κ1) is 21.5. The number of rotatable bonds is 7. The van der Waals surface area contributed by atoms with E-state index in [1.54, 1.807) is 24.3 Å². The molecule has 2 aromatic carbocycles. The Bertz CT molecular complexity index is 1080. The number of nitrogens with one attached hydrogen (secondary N) is 3. The maximum absolute atomic E-state index is 12.8. The molecular formula is C24H26N4O4. The van der Waals surface area contributed by atoms with Gasteiger partial charge in [-0.05, 0) is 32.0 Å². The minimum atomic E-state index is -0.747. The maximum atomic E-state index is 12.8. The molecule has 1 heterocycles. The monoisotopic (exact) mass is 434 g/mol. The maximum Gasteiger partial charge on any atom is 0.262 e. The number of hydrogen-bond acceptors (Lipinski definition) is 5. The van der Waals surface area contributed by atoms with Gasteiger partial charge in [0, 0.05) is 17.0 Å². The number of ether oxygens (including phenoxy) is 1. The van der Waals surface area contributed by atoms with Crippen LogP contribution in [0.5, 0.6) is 5.75 Å². The Morgan fingerprint density at radius 2 is 1.81 bits per heavy atom. The minimum Gasteiger partial charge on any atom is -0.484 e. The quantitative estimate of drug-likeness (QED) is 0.621. The number of carbonyl (C=O) groups excluding carboxylic acids is 3. The van der Waals surface area contributed by atoms with E-state index in [2.05, 4.69) is 21.2 Å². The Labute approximate surface area is 186 Å². The van der Waals surface area contributed by atoms with Crippen molar-refractivity contribution in [1.82, 2.24) is 10.7 Å². The predicted octanol–water partition coefficient (Wildman–Crippen LogP) is 2.31. The van der Waals surface area contributed by atoms with E-state index in [0.29, 0.717) is 22.7 Å². The van der Waals surface area contributed by atoms with Crippen molar-refractivity contribution in [2.24, 2.45) is 22.4 Å². The molecule has 0 bridgehead atoms. The fourth-order valence-corrected chi connectivity index (χ4v) is 4.33. The van der Waals surface area contributed by atoms with Gasteiger partial charge in [-0.1, -0.05) is 43.3 Å². The van der Waals surface area contributed by atoms with Gasteiger partial charge >= 0.3 is 0 Å². The van der Waals surface area contributed by atoms with Crippen molar-refractivity contribution in [3.05, 3.63) is 60.2 Å². The van der Waals surface area contributed by atoms with Gasteiger partial charge in [-0.25, -0.2) is 5.43 Å². The highest BCUT2D eigenvalue weighted by molar-refractivity contribution is 6.19. The molecule has 4 rings (SSSR count). The molecule has 0 spiro atoms. The van der Waals surface area contributed by atoms with Crippen molar-refractivity contribution < 1.29 is 19.1 Å². The molecule has 2 aliphatic rings. The normalized spacial score (nSPS) is 23.5. The van der Waals surface area contributed by atoms with Gasteiger partial charge in [-0.2, -0.15) is 5.10 Å². The van der Waals surface area contributed by atoms with Crippen LogP contribution >= 0.6 is 0 Å². The summed E-state index contributed by atoms with van der Waals surface area (Å²) >= 11 is 0. The Morgan fingerprint density at radius 3 is 2.53 bits per heavy atom. The van der Waals surface area contributed by atoms with Crippen LogP contribution in [0.3, 0.4) is 0 Å². The van der Waals surface area contributed by atoms with Crippen molar-refractivity contribution in [2.75, 3.05) is 11.9 Å². The van der Waals surface area contributed by atoms with Gasteiger partial charge in [0.25, 0.3) is 5.91 Å². The summed E-state index contributed by atoms with van der Waals surface area (Å²) in [7, 11) is 0. The van der Waals surface area contributed by atoms with Crippen molar-refractivity contribution in [3.63, 3.8) is 0 Å². The number of nitrogens with zero attached hydrogens (tertiary/aromatic N) is 1. The summed E-state index contributed by atoms with van der Waals surface area (Å²) in [6.45, 7) is 5.48. The van der Waals surface area contributed by atoms with E-state index in [1.165, 1.54) is 0 Å². The topological polar surface area (TPSA) is 109 Å². The number of benzene rings is 2. The largest absolute Gasteiger partial charge is 0.484 e. The number of hydrazone groups is 1. The van der Waals surface area contributed by atoms with Crippen LogP contribution in [0.1, 0.15) is 26.3 Å². The third-order valence-electron chi connectivity index (χ3n) is 5.87. The molecule has 3 N–H and O–H groups in total. The minimum absolute atomic E-state index is 0.0339. The van der Waals surface area contributed by atoms with Crippen molar-refractivity contribution in [1.29, 1.82) is 0 Å². The van der Waals surface area contributed by atoms with Gasteiger partial charge in [0.2, 0.25) is 11.8 Å². The SMILES string of the molecule is CC(C)NC(=O)[C@@H]1[C@@H]2C(=O)NN=C(c3ccccc3NC(=O)COc3ccccc3)[C@]12C. The molecule has 0 aromatic heterocycles. The molecule has 0 unspecified atom stereocenters. The summed E-state index contributed by atoms with van der Waals surface area (Å²) in [5.41, 5.74) is 3.57. The van der Waals surface area contributed by atoms with Gasteiger partial charge in [0.1, 0.15) is 5.75 Å². The van der Waals surface area contributed by atoms with E-state index < -0.39 is 17.3 Å². The Kier molecular flexibility index (Phi) is 5.69. The highest BCUT2D eigenvalue weighted by Gasteiger charge is 2.72. The Morgan fingerprint density at radius 1 is 1.12 bits per heavy atom. The van der Waals surface area contributed by atoms with Gasteiger partial charge in [-0.15, -0.1) is 0 Å². The van der Waals surface area contributed by atoms with Gasteiger partial charge in [0.05, 0.1) is 23.2 Å². The van der Waals surface area contributed by atoms with Crippen LogP contribution in [0.15, 0.2) is 59.7 Å². The van der Waals surface area contributed by atoms with Crippen molar-refractivity contribution >= 4 is 29.1 Å². The van der Waals surface area contributed by atoms with E-state index in [-0.39, 0.29) is 30.4 Å². The Balaban J connectivity index is 1.54. The lowest BCUT2D eigenvalue weighted by atomic mass is 9.89. The number of fused-ring (bicyclic) bond motifs is 1. The summed E-state index contributed by atoms with van der Waals surface area (Å²) in [5, 5.41) is 10.1. The molecule has 32 heavy (non-hydrogen) atoms. The van der Waals surface area contributed by atoms with Crippen LogP contribution in [-0.2, 0) is 14.4 Å². The zero-order valence-corrected chi connectivity index (χ0v) is 18.2. The summed E-state index contributed by atoms with van der Waals surface area (Å²) in [4.78, 5) is 37.7. The standard InChI is InChI=1S/C24H26N4O4/c1-14(2)25-22(30)19-20-23(31)28-27-21(24(19,20)3)16-11-7-8-12-17(16)26-18(29)13-32-15-9-5-4-6-10-15/h4-12,14,19-20H,13H2,1-3H3,(H,25,30)(H,26,29)(H,28,31)/t19-,20+,24+/m0/s1. The van der Waals surface area contributed by atoms with Crippen LogP contribution in [0.4, 0.5) is 5.69 Å². The van der Waals surface area contributed by atoms with Gasteiger partial charge < -0.3 is 15.4 Å². The molecule has 0 saturated heterocycles. The van der Waals surface area contributed by atoms with Crippen molar-refractivity contribution in [3.8, 4) is 5.75 Å². The number of para-hydroxylation sites is 2. The first-order valence-corrected chi connectivity index (χ1v) is 10.6. The lowest BCUT2D eigenvalue weighted by Gasteiger charge is -2.22. The number of carbonyl (C=O) groups is 3. The second-order valence-corrected chi connectivity index (χ2v) is 8.53. The fraction of sp³-hybridized carbons (Fsp3) is 0.333. The lowest BCUT2D eigenvalue weighted by molar-refractivity contribution is -0.127. The molecule has 166 valence electrons. The summed E-state index contributed by atoms with van der Waals surface area (Å²) in [5.74, 6) is -1.18. The molecule has 1 aliphatic heterocycles. The van der Waals surface area contributed by atoms with E-state index in [9.17, 15) is 14.4 Å². The molecule has 2 aromatic rings. The molecule has 3 atom stereocenters. The number of anilines is 1. The molecule has 3 amide bonds. The molecule has 1 fully saturated rings. The molecular weight excluding hydrogens is 408 g/mol. The molecule has 8 heteroatoms. The molecule has 1 saturated carbocycles. The highest BCUT2D eigenvalue weighted by atomic mass is 16.5. The number of amides is 3. The van der Waals surface area contributed by atoms with Crippen LogP contribution < -0.4 is 20.8 Å². The smallest absolute Gasteiger partial charge is 0.262 e. The predicted molar refractivity (Wildman–Crippen MR) is 120 cm³/mol. The average molecular weight is 434 g/mol. The van der Waals surface area contributed by atoms with Crippen LogP contribution in [0.25, 0.3) is 0 Å². The second kappa shape index (κ2) is 8.45. The summed E-state index contributed by atoms with van der Waals surface area (Å²) in [6, 6.07) is 16.3.